The molecule has 1 saturated heterocycles. The van der Waals surface area contributed by atoms with Gasteiger partial charge in [-0.1, -0.05) is 55.0 Å². The van der Waals surface area contributed by atoms with Crippen molar-refractivity contribution >= 4 is 27.3 Å². The molecule has 1 aliphatic rings. The lowest BCUT2D eigenvalue weighted by molar-refractivity contribution is -0.125. The zero-order chi connectivity index (χ0) is 22.4. The number of carbonyl (C=O) groups is 1. The van der Waals surface area contributed by atoms with Gasteiger partial charge >= 0.3 is 0 Å². The van der Waals surface area contributed by atoms with E-state index in [1.807, 2.05) is 54.6 Å². The second kappa shape index (κ2) is 10.3. The van der Waals surface area contributed by atoms with Gasteiger partial charge in [0.05, 0.1) is 0 Å². The van der Waals surface area contributed by atoms with Crippen LogP contribution in [0.4, 0.5) is 0 Å². The molecule has 0 spiro atoms. The zero-order valence-electron chi connectivity index (χ0n) is 17.6. The van der Waals surface area contributed by atoms with Gasteiger partial charge in [0.1, 0.15) is 22.6 Å². The Labute approximate surface area is 192 Å². The van der Waals surface area contributed by atoms with Crippen LogP contribution in [0, 0.1) is 0 Å². The summed E-state index contributed by atoms with van der Waals surface area (Å²) in [6, 6.07) is 20.1. The molecule has 4 rings (SSSR count). The molecule has 0 radical (unpaired) electrons. The summed E-state index contributed by atoms with van der Waals surface area (Å²) >= 11 is 1.18. The summed E-state index contributed by atoms with van der Waals surface area (Å²) in [4.78, 5) is 12.9. The first-order valence-electron chi connectivity index (χ1n) is 10.6. The van der Waals surface area contributed by atoms with Crippen LogP contribution in [0.25, 0.3) is 0 Å². The van der Waals surface area contributed by atoms with Gasteiger partial charge in [0.15, 0.2) is 0 Å². The van der Waals surface area contributed by atoms with E-state index >= 15 is 0 Å². The molecule has 168 valence electrons. The molecule has 2 aromatic carbocycles. The molecule has 1 atom stereocenters. The number of carbonyl (C=O) groups excluding carboxylic acids is 1. The first-order chi connectivity index (χ1) is 15.5. The van der Waals surface area contributed by atoms with Crippen LogP contribution < -0.4 is 10.1 Å². The van der Waals surface area contributed by atoms with Crippen molar-refractivity contribution in [3.8, 4) is 5.75 Å². The van der Waals surface area contributed by atoms with Crippen molar-refractivity contribution < 1.29 is 17.9 Å². The third-order valence-corrected chi connectivity index (χ3v) is 8.73. The van der Waals surface area contributed by atoms with Gasteiger partial charge in [0, 0.05) is 13.1 Å². The Morgan fingerprint density at radius 1 is 1.00 bits per heavy atom. The Bertz CT molecular complexity index is 1110. The van der Waals surface area contributed by atoms with Crippen molar-refractivity contribution in [2.75, 3.05) is 6.54 Å². The molecule has 8 heteroatoms. The molecule has 32 heavy (non-hydrogen) atoms. The Balaban J connectivity index is 1.34. The van der Waals surface area contributed by atoms with Crippen molar-refractivity contribution in [2.24, 2.45) is 0 Å². The Hall–Kier alpha value is -2.68. The summed E-state index contributed by atoms with van der Waals surface area (Å²) in [5, 5.41) is 4.66. The largest absolute Gasteiger partial charge is 0.489 e. The quantitative estimate of drug-likeness (QED) is 0.536. The highest BCUT2D eigenvalue weighted by Crippen LogP contribution is 2.28. The fourth-order valence-corrected chi connectivity index (χ4v) is 6.50. The number of amides is 1. The highest BCUT2D eigenvalue weighted by molar-refractivity contribution is 7.91. The third-order valence-electron chi connectivity index (χ3n) is 5.45. The Morgan fingerprint density at radius 2 is 1.75 bits per heavy atom. The molecule has 1 fully saturated rings. The maximum atomic E-state index is 13.0. The van der Waals surface area contributed by atoms with E-state index in [-0.39, 0.29) is 10.1 Å². The van der Waals surface area contributed by atoms with Crippen LogP contribution in [0.5, 0.6) is 5.75 Å². The van der Waals surface area contributed by atoms with E-state index in [4.69, 9.17) is 4.74 Å². The molecule has 1 aliphatic heterocycles. The number of piperidine rings is 1. The minimum absolute atomic E-state index is 0.249. The average molecular weight is 471 g/mol. The summed E-state index contributed by atoms with van der Waals surface area (Å²) in [5.41, 5.74) is 1.98. The van der Waals surface area contributed by atoms with E-state index < -0.39 is 16.1 Å². The number of thiophene rings is 1. The Kier molecular flexibility index (Phi) is 7.24. The highest BCUT2D eigenvalue weighted by atomic mass is 32.2. The first kappa shape index (κ1) is 22.5. The molecule has 1 aromatic heterocycles. The van der Waals surface area contributed by atoms with Gasteiger partial charge in [-0.3, -0.25) is 4.79 Å². The normalized spacial score (nSPS) is 17.1. The van der Waals surface area contributed by atoms with Crippen LogP contribution in [-0.2, 0) is 28.0 Å². The second-order valence-electron chi connectivity index (χ2n) is 7.70. The van der Waals surface area contributed by atoms with E-state index in [1.54, 1.807) is 17.5 Å². The molecule has 0 bridgehead atoms. The summed E-state index contributed by atoms with van der Waals surface area (Å²) in [7, 11) is -3.65. The minimum Gasteiger partial charge on any atom is -0.489 e. The lowest BCUT2D eigenvalue weighted by Crippen LogP contribution is -2.51. The summed E-state index contributed by atoms with van der Waals surface area (Å²) in [5.74, 6) is 0.569. The first-order valence-corrected chi connectivity index (χ1v) is 12.9. The topological polar surface area (TPSA) is 75.7 Å². The minimum atomic E-state index is -3.65. The van der Waals surface area contributed by atoms with E-state index in [2.05, 4.69) is 5.32 Å². The maximum Gasteiger partial charge on any atom is 0.253 e. The number of rotatable bonds is 8. The van der Waals surface area contributed by atoms with Crippen LogP contribution in [0.1, 0.15) is 30.4 Å². The van der Waals surface area contributed by atoms with Crippen LogP contribution in [0.3, 0.4) is 0 Å². The predicted molar refractivity (Wildman–Crippen MR) is 125 cm³/mol. The fourth-order valence-electron chi connectivity index (χ4n) is 3.72. The monoisotopic (exact) mass is 470 g/mol. The van der Waals surface area contributed by atoms with Gasteiger partial charge in [-0.25, -0.2) is 8.42 Å². The highest BCUT2D eigenvalue weighted by Gasteiger charge is 2.37. The van der Waals surface area contributed by atoms with Crippen LogP contribution in [0.2, 0.25) is 0 Å². The van der Waals surface area contributed by atoms with Gasteiger partial charge in [0.25, 0.3) is 10.0 Å². The molecule has 2 heterocycles. The molecule has 1 amide bonds. The van der Waals surface area contributed by atoms with Crippen LogP contribution in [-0.4, -0.2) is 31.2 Å². The summed E-state index contributed by atoms with van der Waals surface area (Å²) in [6.45, 7) is 1.19. The van der Waals surface area contributed by atoms with Gasteiger partial charge in [-0.05, 0) is 47.5 Å². The van der Waals surface area contributed by atoms with Crippen molar-refractivity contribution in [1.82, 2.24) is 9.62 Å². The van der Waals surface area contributed by atoms with Gasteiger partial charge in [-0.2, -0.15) is 4.31 Å². The number of hydrogen-bond acceptors (Lipinski definition) is 5. The molecule has 1 N–H and O–H groups in total. The molecular formula is C24H26N2O4S2. The number of sulfonamides is 1. The van der Waals surface area contributed by atoms with E-state index in [9.17, 15) is 13.2 Å². The number of benzene rings is 2. The molecular weight excluding hydrogens is 444 g/mol. The molecule has 1 unspecified atom stereocenters. The Morgan fingerprint density at radius 3 is 2.47 bits per heavy atom. The van der Waals surface area contributed by atoms with E-state index in [1.165, 1.54) is 15.6 Å². The van der Waals surface area contributed by atoms with Crippen LogP contribution in [0.15, 0.2) is 76.3 Å². The molecule has 6 nitrogen and oxygen atoms in total. The number of nitrogens with zero attached hydrogens (tertiary/aromatic N) is 1. The lowest BCUT2D eigenvalue weighted by atomic mass is 10.0. The van der Waals surface area contributed by atoms with E-state index in [0.29, 0.717) is 26.1 Å². The maximum absolute atomic E-state index is 13.0. The number of hydrogen-bond donors (Lipinski definition) is 1. The van der Waals surface area contributed by atoms with Gasteiger partial charge in [0.2, 0.25) is 5.91 Å². The molecule has 0 saturated carbocycles. The van der Waals surface area contributed by atoms with Crippen molar-refractivity contribution in [3.05, 3.63) is 83.2 Å². The number of ether oxygens (including phenoxy) is 1. The zero-order valence-corrected chi connectivity index (χ0v) is 19.3. The predicted octanol–water partition coefficient (Wildman–Crippen LogP) is 4.19. The summed E-state index contributed by atoms with van der Waals surface area (Å²) in [6.07, 6.45) is 2.14. The average Bonchev–Trinajstić information content (AvgIpc) is 3.39. The van der Waals surface area contributed by atoms with Crippen LogP contribution >= 0.6 is 11.3 Å². The fraction of sp³-hybridized carbons (Fsp3) is 0.292. The van der Waals surface area contributed by atoms with Crippen molar-refractivity contribution in [3.63, 3.8) is 0 Å². The van der Waals surface area contributed by atoms with Crippen molar-refractivity contribution in [1.29, 1.82) is 0 Å². The molecule has 3 aromatic rings. The van der Waals surface area contributed by atoms with Gasteiger partial charge < -0.3 is 10.1 Å². The molecule has 0 aliphatic carbocycles. The SMILES string of the molecule is O=C(NCc1ccc(COc2ccccc2)cc1)C1CCCCN1S(=O)(=O)c1cccs1. The van der Waals surface area contributed by atoms with Gasteiger partial charge in [-0.15, -0.1) is 11.3 Å². The summed E-state index contributed by atoms with van der Waals surface area (Å²) < 4.78 is 33.4. The second-order valence-corrected chi connectivity index (χ2v) is 10.8. The van der Waals surface area contributed by atoms with Crippen molar-refractivity contribution in [2.45, 2.75) is 42.7 Å². The standard InChI is InChI=1S/C24H26N2O4S2/c27-24(22-9-4-5-15-26(22)32(28,29)23-10-6-16-31-23)25-17-19-11-13-20(14-12-19)18-30-21-7-2-1-3-8-21/h1-3,6-8,10-14,16,22H,4-5,9,15,17-18H2,(H,25,27). The van der Waals surface area contributed by atoms with E-state index in [0.717, 1.165) is 29.7 Å². The number of para-hydroxylation sites is 1. The smallest absolute Gasteiger partial charge is 0.253 e. The number of nitrogens with one attached hydrogen (secondary N) is 1. The third kappa shape index (κ3) is 5.38. The lowest BCUT2D eigenvalue weighted by Gasteiger charge is -2.33.